The molecular weight excluding hydrogens is 327 g/mol. The molecule has 0 amide bonds. The number of hydrogen-bond donors (Lipinski definition) is 1. The molecular formula is C15H16Cl2N2OS. The SMILES string of the molecule is CC(C)(C)Oc1nc(Sc2ccc(Cl)c(Cl)c2)ccc1N. The number of halogens is 2. The summed E-state index contributed by atoms with van der Waals surface area (Å²) in [5.41, 5.74) is 6.06. The molecule has 0 fully saturated rings. The second-order valence-corrected chi connectivity index (χ2v) is 7.34. The van der Waals surface area contributed by atoms with E-state index in [1.165, 1.54) is 11.8 Å². The van der Waals surface area contributed by atoms with E-state index >= 15 is 0 Å². The highest BCUT2D eigenvalue weighted by atomic mass is 35.5. The van der Waals surface area contributed by atoms with Crippen LogP contribution in [-0.2, 0) is 0 Å². The lowest BCUT2D eigenvalue weighted by Crippen LogP contribution is -2.24. The fourth-order valence-corrected chi connectivity index (χ4v) is 2.71. The van der Waals surface area contributed by atoms with Gasteiger partial charge in [0.25, 0.3) is 0 Å². The number of pyridine rings is 1. The molecule has 0 bridgehead atoms. The molecule has 112 valence electrons. The summed E-state index contributed by atoms with van der Waals surface area (Å²) in [7, 11) is 0. The minimum atomic E-state index is -0.353. The van der Waals surface area contributed by atoms with Gasteiger partial charge in [0.2, 0.25) is 5.88 Å². The van der Waals surface area contributed by atoms with Crippen LogP contribution in [0.4, 0.5) is 5.69 Å². The van der Waals surface area contributed by atoms with Crippen LogP contribution < -0.4 is 10.5 Å². The van der Waals surface area contributed by atoms with Crippen molar-refractivity contribution < 1.29 is 4.74 Å². The second kappa shape index (κ2) is 6.34. The number of benzene rings is 1. The zero-order chi connectivity index (χ0) is 15.6. The highest BCUT2D eigenvalue weighted by Gasteiger charge is 2.16. The summed E-state index contributed by atoms with van der Waals surface area (Å²) in [6.45, 7) is 5.85. The monoisotopic (exact) mass is 342 g/mol. The molecule has 3 nitrogen and oxygen atoms in total. The molecule has 0 aliphatic heterocycles. The Morgan fingerprint density at radius 2 is 1.81 bits per heavy atom. The Morgan fingerprint density at radius 3 is 2.43 bits per heavy atom. The van der Waals surface area contributed by atoms with Gasteiger partial charge in [0.05, 0.1) is 15.7 Å². The molecule has 0 unspecified atom stereocenters. The molecule has 0 aliphatic rings. The lowest BCUT2D eigenvalue weighted by molar-refractivity contribution is 0.124. The fourth-order valence-electron chi connectivity index (χ4n) is 1.52. The van der Waals surface area contributed by atoms with Crippen LogP contribution in [0.15, 0.2) is 40.3 Å². The van der Waals surface area contributed by atoms with Crippen LogP contribution in [0.1, 0.15) is 20.8 Å². The van der Waals surface area contributed by atoms with E-state index in [4.69, 9.17) is 33.7 Å². The van der Waals surface area contributed by atoms with Crippen molar-refractivity contribution in [3.63, 3.8) is 0 Å². The number of nitrogen functional groups attached to an aromatic ring is 1. The van der Waals surface area contributed by atoms with Crippen LogP contribution >= 0.6 is 35.0 Å². The summed E-state index contributed by atoms with van der Waals surface area (Å²) in [4.78, 5) is 5.39. The van der Waals surface area contributed by atoms with E-state index in [-0.39, 0.29) is 5.60 Å². The largest absolute Gasteiger partial charge is 0.470 e. The molecule has 0 saturated heterocycles. The van der Waals surface area contributed by atoms with Crippen molar-refractivity contribution in [1.29, 1.82) is 0 Å². The van der Waals surface area contributed by atoms with Gasteiger partial charge in [-0.15, -0.1) is 0 Å². The summed E-state index contributed by atoms with van der Waals surface area (Å²) in [6.07, 6.45) is 0. The van der Waals surface area contributed by atoms with Crippen LogP contribution in [0.5, 0.6) is 5.88 Å². The molecule has 2 N–H and O–H groups in total. The molecule has 0 atom stereocenters. The van der Waals surface area contributed by atoms with Crippen molar-refractivity contribution in [3.05, 3.63) is 40.4 Å². The molecule has 0 saturated carbocycles. The van der Waals surface area contributed by atoms with Crippen molar-refractivity contribution in [2.45, 2.75) is 36.3 Å². The lowest BCUT2D eigenvalue weighted by Gasteiger charge is -2.21. The first-order chi connectivity index (χ1) is 9.74. The van der Waals surface area contributed by atoms with Crippen molar-refractivity contribution in [2.75, 3.05) is 5.73 Å². The molecule has 2 rings (SSSR count). The minimum Gasteiger partial charge on any atom is -0.470 e. The van der Waals surface area contributed by atoms with E-state index in [2.05, 4.69) is 4.98 Å². The van der Waals surface area contributed by atoms with Crippen molar-refractivity contribution >= 4 is 40.7 Å². The van der Waals surface area contributed by atoms with Crippen LogP contribution in [0.2, 0.25) is 10.0 Å². The minimum absolute atomic E-state index is 0.353. The third-order valence-electron chi connectivity index (χ3n) is 2.38. The molecule has 0 radical (unpaired) electrons. The third-order valence-corrected chi connectivity index (χ3v) is 4.05. The molecule has 0 aliphatic carbocycles. The van der Waals surface area contributed by atoms with Gasteiger partial charge in [-0.05, 0) is 51.1 Å². The molecule has 0 spiro atoms. The summed E-state index contributed by atoms with van der Waals surface area (Å²) < 4.78 is 5.76. The first-order valence-corrected chi connectivity index (χ1v) is 7.90. The predicted octanol–water partition coefficient (Wildman–Crippen LogP) is 5.30. The van der Waals surface area contributed by atoms with Crippen LogP contribution in [0.3, 0.4) is 0 Å². The molecule has 2 aromatic rings. The van der Waals surface area contributed by atoms with Gasteiger partial charge in [-0.2, -0.15) is 0 Å². The standard InChI is InChI=1S/C15H16Cl2N2OS/c1-15(2,3)20-14-12(18)6-7-13(19-14)21-9-4-5-10(16)11(17)8-9/h4-8H,18H2,1-3H3. The first-order valence-electron chi connectivity index (χ1n) is 6.33. The third kappa shape index (κ3) is 4.70. The highest BCUT2D eigenvalue weighted by molar-refractivity contribution is 7.99. The van der Waals surface area contributed by atoms with E-state index in [0.717, 1.165) is 9.92 Å². The van der Waals surface area contributed by atoms with E-state index in [0.29, 0.717) is 21.6 Å². The topological polar surface area (TPSA) is 48.1 Å². The van der Waals surface area contributed by atoms with E-state index in [1.807, 2.05) is 32.9 Å². The molecule has 1 aromatic heterocycles. The number of aromatic nitrogens is 1. The fraction of sp³-hybridized carbons (Fsp3) is 0.267. The Morgan fingerprint density at radius 1 is 1.10 bits per heavy atom. The Hall–Kier alpha value is -1.10. The van der Waals surface area contributed by atoms with Gasteiger partial charge in [-0.25, -0.2) is 4.98 Å². The maximum Gasteiger partial charge on any atom is 0.238 e. The lowest BCUT2D eigenvalue weighted by atomic mass is 10.2. The quantitative estimate of drug-likeness (QED) is 0.822. The second-order valence-electron chi connectivity index (χ2n) is 5.44. The van der Waals surface area contributed by atoms with E-state index in [9.17, 15) is 0 Å². The zero-order valence-electron chi connectivity index (χ0n) is 12.0. The van der Waals surface area contributed by atoms with E-state index in [1.54, 1.807) is 18.2 Å². The number of rotatable bonds is 3. The number of ether oxygens (including phenoxy) is 1. The first kappa shape index (κ1) is 16.3. The number of hydrogen-bond acceptors (Lipinski definition) is 4. The van der Waals surface area contributed by atoms with Crippen molar-refractivity contribution in [2.24, 2.45) is 0 Å². The zero-order valence-corrected chi connectivity index (χ0v) is 14.3. The van der Waals surface area contributed by atoms with Gasteiger partial charge in [0.15, 0.2) is 0 Å². The molecule has 1 heterocycles. The summed E-state index contributed by atoms with van der Waals surface area (Å²) in [5.74, 6) is 0.438. The predicted molar refractivity (Wildman–Crippen MR) is 89.6 cm³/mol. The Bertz CT molecular complexity index is 657. The van der Waals surface area contributed by atoms with Crippen molar-refractivity contribution in [3.8, 4) is 5.88 Å². The number of anilines is 1. The molecule has 1 aromatic carbocycles. The van der Waals surface area contributed by atoms with Crippen LogP contribution in [0.25, 0.3) is 0 Å². The van der Waals surface area contributed by atoms with Crippen LogP contribution in [-0.4, -0.2) is 10.6 Å². The van der Waals surface area contributed by atoms with Gasteiger partial charge >= 0.3 is 0 Å². The Balaban J connectivity index is 2.24. The normalized spacial score (nSPS) is 11.5. The summed E-state index contributed by atoms with van der Waals surface area (Å²) >= 11 is 13.4. The summed E-state index contributed by atoms with van der Waals surface area (Å²) in [5, 5.41) is 1.83. The Kier molecular flexibility index (Phi) is 4.91. The van der Waals surface area contributed by atoms with E-state index < -0.39 is 0 Å². The average molecular weight is 343 g/mol. The maximum absolute atomic E-state index is 6.01. The van der Waals surface area contributed by atoms with Gasteiger partial charge in [-0.1, -0.05) is 35.0 Å². The average Bonchev–Trinajstić information content (AvgIpc) is 2.36. The number of nitrogens with zero attached hydrogens (tertiary/aromatic N) is 1. The summed E-state index contributed by atoms with van der Waals surface area (Å²) in [6, 6.07) is 9.08. The van der Waals surface area contributed by atoms with Crippen molar-refractivity contribution in [1.82, 2.24) is 4.98 Å². The van der Waals surface area contributed by atoms with Gasteiger partial charge < -0.3 is 10.5 Å². The number of nitrogens with two attached hydrogens (primary N) is 1. The smallest absolute Gasteiger partial charge is 0.238 e. The van der Waals surface area contributed by atoms with Gasteiger partial charge in [0.1, 0.15) is 10.6 Å². The van der Waals surface area contributed by atoms with Gasteiger partial charge in [0, 0.05) is 4.90 Å². The van der Waals surface area contributed by atoms with Crippen LogP contribution in [0, 0.1) is 0 Å². The van der Waals surface area contributed by atoms with Gasteiger partial charge in [-0.3, -0.25) is 0 Å². The highest BCUT2D eigenvalue weighted by Crippen LogP contribution is 2.34. The maximum atomic E-state index is 6.01. The molecule has 6 heteroatoms. The Labute approximate surface area is 138 Å². The molecule has 21 heavy (non-hydrogen) atoms.